The molecule has 1 aliphatic carbocycles. The van der Waals surface area contributed by atoms with Crippen LogP contribution in [0.4, 0.5) is 0 Å². The summed E-state index contributed by atoms with van der Waals surface area (Å²) in [6, 6.07) is 0.368. The number of hydrogen-bond acceptors (Lipinski definition) is 2. The number of nitrogens with two attached hydrogens (primary N) is 1. The van der Waals surface area contributed by atoms with Crippen molar-refractivity contribution in [3.63, 3.8) is 0 Å². The van der Waals surface area contributed by atoms with Crippen LogP contribution in [0.15, 0.2) is 0 Å². The maximum Gasteiger partial charge on any atom is 0.0684 e. The maximum absolute atomic E-state index is 6.03. The fourth-order valence-electron chi connectivity index (χ4n) is 2.56. The molecule has 64 valence electrons. The zero-order valence-electron chi connectivity index (χ0n) is 7.34. The molecule has 1 saturated heterocycles. The Morgan fingerprint density at radius 2 is 2.18 bits per heavy atom. The molecule has 2 nitrogen and oxygen atoms in total. The maximum atomic E-state index is 6.03. The van der Waals surface area contributed by atoms with Gasteiger partial charge in [-0.1, -0.05) is 13.8 Å². The molecule has 3 atom stereocenters. The van der Waals surface area contributed by atoms with Crippen molar-refractivity contribution in [1.29, 1.82) is 0 Å². The van der Waals surface area contributed by atoms with Gasteiger partial charge in [-0.3, -0.25) is 0 Å². The van der Waals surface area contributed by atoms with Gasteiger partial charge in [0.15, 0.2) is 0 Å². The largest absolute Gasteiger partial charge is 0.377 e. The zero-order chi connectivity index (χ0) is 8.06. The third kappa shape index (κ3) is 0.859. The highest BCUT2D eigenvalue weighted by atomic mass is 16.5. The molecule has 2 N–H and O–H groups in total. The van der Waals surface area contributed by atoms with Gasteiger partial charge in [0, 0.05) is 24.0 Å². The Morgan fingerprint density at radius 3 is 2.82 bits per heavy atom. The first-order chi connectivity index (χ1) is 5.14. The van der Waals surface area contributed by atoms with E-state index in [4.69, 9.17) is 10.5 Å². The summed E-state index contributed by atoms with van der Waals surface area (Å²) in [5, 5.41) is 0. The summed E-state index contributed by atoms with van der Waals surface area (Å²) >= 11 is 0. The van der Waals surface area contributed by atoms with Crippen LogP contribution in [0.2, 0.25) is 0 Å². The molecule has 2 fully saturated rings. The van der Waals surface area contributed by atoms with E-state index in [1.165, 1.54) is 12.8 Å². The summed E-state index contributed by atoms with van der Waals surface area (Å²) in [7, 11) is 0. The monoisotopic (exact) mass is 155 g/mol. The fraction of sp³-hybridized carbons (Fsp3) is 1.00. The predicted molar refractivity (Wildman–Crippen MR) is 44.2 cm³/mol. The van der Waals surface area contributed by atoms with Gasteiger partial charge in [0.05, 0.1) is 6.10 Å². The normalized spacial score (nSPS) is 47.7. The summed E-state index contributed by atoms with van der Waals surface area (Å²) in [5.41, 5.74) is 6.26. The Kier molecular flexibility index (Phi) is 1.52. The fourth-order valence-corrected chi connectivity index (χ4v) is 2.56. The molecule has 2 heteroatoms. The van der Waals surface area contributed by atoms with Crippen LogP contribution in [0.5, 0.6) is 0 Å². The number of fused-ring (bicyclic) bond motifs is 1. The van der Waals surface area contributed by atoms with E-state index in [1.807, 2.05) is 0 Å². The van der Waals surface area contributed by atoms with E-state index in [1.54, 1.807) is 0 Å². The topological polar surface area (TPSA) is 35.2 Å². The lowest BCUT2D eigenvalue weighted by molar-refractivity contribution is -0.183. The third-order valence-electron chi connectivity index (χ3n) is 3.42. The molecule has 0 bridgehead atoms. The van der Waals surface area contributed by atoms with E-state index in [-0.39, 0.29) is 5.41 Å². The average Bonchev–Trinajstić information content (AvgIpc) is 2.04. The van der Waals surface area contributed by atoms with E-state index in [9.17, 15) is 0 Å². The van der Waals surface area contributed by atoms with Gasteiger partial charge in [-0.15, -0.1) is 0 Å². The first-order valence-corrected chi connectivity index (χ1v) is 4.51. The Labute approximate surface area is 68.1 Å². The molecule has 0 aromatic carbocycles. The highest BCUT2D eigenvalue weighted by molar-refractivity contribution is 5.08. The van der Waals surface area contributed by atoms with E-state index in [2.05, 4.69) is 13.8 Å². The molecule has 2 rings (SSSR count). The Morgan fingerprint density at radius 1 is 1.45 bits per heavy atom. The lowest BCUT2D eigenvalue weighted by Gasteiger charge is -2.58. The minimum absolute atomic E-state index is 0.227. The minimum Gasteiger partial charge on any atom is -0.377 e. The van der Waals surface area contributed by atoms with Crippen LogP contribution in [-0.2, 0) is 4.74 Å². The summed E-state index contributed by atoms with van der Waals surface area (Å²) in [6.45, 7) is 5.37. The third-order valence-corrected chi connectivity index (χ3v) is 3.42. The second-order valence-electron chi connectivity index (χ2n) is 4.44. The van der Waals surface area contributed by atoms with Gasteiger partial charge in [0.2, 0.25) is 0 Å². The van der Waals surface area contributed by atoms with Crippen LogP contribution in [-0.4, -0.2) is 18.8 Å². The number of hydrogen-bond donors (Lipinski definition) is 1. The molecule has 1 heterocycles. The number of ether oxygens (including phenoxy) is 1. The number of rotatable bonds is 0. The van der Waals surface area contributed by atoms with Crippen molar-refractivity contribution in [3.05, 3.63) is 0 Å². The molecule has 11 heavy (non-hydrogen) atoms. The smallest absolute Gasteiger partial charge is 0.0684 e. The molecule has 0 aromatic rings. The Balaban J connectivity index is 2.09. The van der Waals surface area contributed by atoms with Gasteiger partial charge in [-0.2, -0.15) is 0 Å². The second kappa shape index (κ2) is 2.20. The quantitative estimate of drug-likeness (QED) is 0.569. The highest BCUT2D eigenvalue weighted by Gasteiger charge is 2.55. The van der Waals surface area contributed by atoms with Crippen molar-refractivity contribution in [2.24, 2.45) is 17.1 Å². The molecule has 2 aliphatic rings. The lowest BCUT2D eigenvalue weighted by Crippen LogP contribution is -2.67. The standard InChI is InChI=1S/C9H17NO/c1-9(2)7(10)6-4-3-5-11-8(6)9/h6-8H,3-5,10H2,1-2H3/t6-,7-,8-/m0/s1. The molecular formula is C9H17NO. The van der Waals surface area contributed by atoms with Crippen molar-refractivity contribution in [2.45, 2.75) is 38.8 Å². The van der Waals surface area contributed by atoms with Crippen LogP contribution in [0, 0.1) is 11.3 Å². The Bertz CT molecular complexity index is 167. The van der Waals surface area contributed by atoms with Crippen LogP contribution in [0.3, 0.4) is 0 Å². The van der Waals surface area contributed by atoms with Crippen LogP contribution in [0.1, 0.15) is 26.7 Å². The van der Waals surface area contributed by atoms with Crippen LogP contribution < -0.4 is 5.73 Å². The zero-order valence-corrected chi connectivity index (χ0v) is 7.34. The van der Waals surface area contributed by atoms with Crippen molar-refractivity contribution in [2.75, 3.05) is 6.61 Å². The van der Waals surface area contributed by atoms with E-state index in [0.717, 1.165) is 6.61 Å². The molecule has 0 radical (unpaired) electrons. The molecule has 0 aromatic heterocycles. The van der Waals surface area contributed by atoms with Gasteiger partial charge >= 0.3 is 0 Å². The summed E-state index contributed by atoms with van der Waals surface area (Å²) in [6.07, 6.45) is 2.92. The Hall–Kier alpha value is -0.0800. The van der Waals surface area contributed by atoms with Crippen molar-refractivity contribution in [3.8, 4) is 0 Å². The second-order valence-corrected chi connectivity index (χ2v) is 4.44. The molecule has 0 amide bonds. The van der Waals surface area contributed by atoms with Crippen LogP contribution >= 0.6 is 0 Å². The van der Waals surface area contributed by atoms with Gasteiger partial charge in [0.25, 0.3) is 0 Å². The van der Waals surface area contributed by atoms with E-state index >= 15 is 0 Å². The first-order valence-electron chi connectivity index (χ1n) is 4.51. The SMILES string of the molecule is CC1(C)[C@@H](N)[C@@H]2CCCO[C@@H]21. The van der Waals surface area contributed by atoms with Crippen molar-refractivity contribution < 1.29 is 4.74 Å². The van der Waals surface area contributed by atoms with Gasteiger partial charge in [0.1, 0.15) is 0 Å². The summed E-state index contributed by atoms with van der Waals surface area (Å²) in [4.78, 5) is 0. The van der Waals surface area contributed by atoms with Crippen LogP contribution in [0.25, 0.3) is 0 Å². The van der Waals surface area contributed by atoms with E-state index in [0.29, 0.717) is 18.1 Å². The molecule has 0 unspecified atom stereocenters. The van der Waals surface area contributed by atoms with Gasteiger partial charge in [-0.25, -0.2) is 0 Å². The van der Waals surface area contributed by atoms with Crippen molar-refractivity contribution in [1.82, 2.24) is 0 Å². The first kappa shape index (κ1) is 7.56. The molecular weight excluding hydrogens is 138 g/mol. The van der Waals surface area contributed by atoms with Gasteiger partial charge in [-0.05, 0) is 12.8 Å². The highest BCUT2D eigenvalue weighted by Crippen LogP contribution is 2.49. The summed E-state index contributed by atoms with van der Waals surface area (Å²) < 4.78 is 5.68. The van der Waals surface area contributed by atoms with E-state index < -0.39 is 0 Å². The lowest BCUT2D eigenvalue weighted by atomic mass is 9.56. The summed E-state index contributed by atoms with van der Waals surface area (Å²) in [5.74, 6) is 0.652. The van der Waals surface area contributed by atoms with Gasteiger partial charge < -0.3 is 10.5 Å². The minimum atomic E-state index is 0.227. The molecule has 0 spiro atoms. The molecule has 1 aliphatic heterocycles. The molecule has 1 saturated carbocycles. The van der Waals surface area contributed by atoms with Crippen molar-refractivity contribution >= 4 is 0 Å². The predicted octanol–water partition coefficient (Wildman–Crippen LogP) is 1.15. The average molecular weight is 155 g/mol.